The van der Waals surface area contributed by atoms with Crippen molar-refractivity contribution in [2.75, 3.05) is 50.0 Å². The Morgan fingerprint density at radius 1 is 0.833 bits per heavy atom. The van der Waals surface area contributed by atoms with Gasteiger partial charge in [0, 0.05) is 61.2 Å². The maximum absolute atomic E-state index is 12.7. The van der Waals surface area contributed by atoms with Gasteiger partial charge in [-0.15, -0.1) is 11.8 Å². The third kappa shape index (κ3) is 4.90. The number of anilines is 1. The van der Waals surface area contributed by atoms with Gasteiger partial charge in [0.1, 0.15) is 0 Å². The van der Waals surface area contributed by atoms with Crippen molar-refractivity contribution in [1.82, 2.24) is 14.4 Å². The number of hydrogen-bond acceptors (Lipinski definition) is 4. The standard InChI is InChI=1S/C30H38N4OS/c35-29-22-30(14-6-7-15-30)36-24-33(29)17-9-8-16-31-18-20-32(21-19-31)28-23-34(25-10-2-1-3-11-25)27-13-5-4-12-26(27)28/h1-5,10-13,23H,6-9,14-22,24H2. The Morgan fingerprint density at radius 3 is 2.33 bits per heavy atom. The largest absolute Gasteiger partial charge is 0.367 e. The van der Waals surface area contributed by atoms with E-state index >= 15 is 0 Å². The van der Waals surface area contributed by atoms with Gasteiger partial charge in [0.15, 0.2) is 0 Å². The van der Waals surface area contributed by atoms with E-state index in [1.807, 2.05) is 0 Å². The van der Waals surface area contributed by atoms with E-state index in [0.717, 1.165) is 58.0 Å². The molecule has 190 valence electrons. The molecule has 6 heteroatoms. The SMILES string of the molecule is O=C1CC2(CCCC2)SCN1CCCCN1CCN(c2cn(-c3ccccc3)c3ccccc23)CC1. The first kappa shape index (κ1) is 23.9. The summed E-state index contributed by atoms with van der Waals surface area (Å²) in [5, 5.41) is 1.33. The number of aromatic nitrogens is 1. The van der Waals surface area contributed by atoms with Crippen LogP contribution in [0.2, 0.25) is 0 Å². The van der Waals surface area contributed by atoms with E-state index in [1.165, 1.54) is 54.4 Å². The first-order valence-corrected chi connectivity index (χ1v) is 14.7. The molecule has 0 N–H and O–H groups in total. The minimum absolute atomic E-state index is 0.292. The lowest BCUT2D eigenvalue weighted by Crippen LogP contribution is -2.47. The summed E-state index contributed by atoms with van der Waals surface area (Å²) in [7, 11) is 0. The van der Waals surface area contributed by atoms with Crippen molar-refractivity contribution in [2.24, 2.45) is 0 Å². The van der Waals surface area contributed by atoms with Crippen LogP contribution in [0.15, 0.2) is 60.8 Å². The number of carbonyl (C=O) groups excluding carboxylic acids is 1. The highest BCUT2D eigenvalue weighted by Crippen LogP contribution is 2.47. The lowest BCUT2D eigenvalue weighted by Gasteiger charge is -2.38. The van der Waals surface area contributed by atoms with Gasteiger partial charge in [0.05, 0.1) is 17.1 Å². The van der Waals surface area contributed by atoms with Crippen molar-refractivity contribution in [1.29, 1.82) is 0 Å². The number of amides is 1. The lowest BCUT2D eigenvalue weighted by atomic mass is 10.0. The number of fused-ring (bicyclic) bond motifs is 1. The molecule has 3 aromatic rings. The molecule has 2 aliphatic heterocycles. The van der Waals surface area contributed by atoms with Crippen molar-refractivity contribution in [3.63, 3.8) is 0 Å². The molecular formula is C30H38N4OS. The van der Waals surface area contributed by atoms with E-state index in [0.29, 0.717) is 10.7 Å². The van der Waals surface area contributed by atoms with Gasteiger partial charge in [0.25, 0.3) is 0 Å². The number of para-hydroxylation sites is 2. The van der Waals surface area contributed by atoms with Crippen molar-refractivity contribution < 1.29 is 4.79 Å². The molecule has 3 fully saturated rings. The Balaban J connectivity index is 0.994. The van der Waals surface area contributed by atoms with Crippen LogP contribution in [0.25, 0.3) is 16.6 Å². The summed E-state index contributed by atoms with van der Waals surface area (Å²) in [4.78, 5) is 20.0. The number of hydrogen-bond donors (Lipinski definition) is 0. The normalized spacial score (nSPS) is 20.6. The van der Waals surface area contributed by atoms with E-state index in [1.54, 1.807) is 0 Å². The monoisotopic (exact) mass is 502 g/mol. The topological polar surface area (TPSA) is 31.7 Å². The molecule has 1 aliphatic carbocycles. The Hall–Kier alpha value is -2.44. The van der Waals surface area contributed by atoms with Crippen LogP contribution in [0, 0.1) is 0 Å². The van der Waals surface area contributed by atoms with Gasteiger partial charge < -0.3 is 14.4 Å². The quantitative estimate of drug-likeness (QED) is 0.384. The van der Waals surface area contributed by atoms with Crippen molar-refractivity contribution >= 4 is 34.3 Å². The molecule has 2 saturated heterocycles. The number of benzene rings is 2. The molecule has 1 saturated carbocycles. The molecule has 3 aliphatic rings. The van der Waals surface area contributed by atoms with Crippen LogP contribution in [0.1, 0.15) is 44.9 Å². The zero-order valence-corrected chi connectivity index (χ0v) is 22.1. The predicted molar refractivity (Wildman–Crippen MR) is 151 cm³/mol. The van der Waals surface area contributed by atoms with Gasteiger partial charge in [-0.3, -0.25) is 9.69 Å². The average molecular weight is 503 g/mol. The van der Waals surface area contributed by atoms with Crippen molar-refractivity contribution in [2.45, 2.75) is 49.7 Å². The second kappa shape index (κ2) is 10.5. The lowest BCUT2D eigenvalue weighted by molar-refractivity contribution is -0.131. The summed E-state index contributed by atoms with van der Waals surface area (Å²) in [5.74, 6) is 1.31. The van der Waals surface area contributed by atoms with Crippen LogP contribution in [0.5, 0.6) is 0 Å². The molecule has 1 aromatic heterocycles. The van der Waals surface area contributed by atoms with Crippen LogP contribution >= 0.6 is 11.8 Å². The zero-order valence-electron chi connectivity index (χ0n) is 21.3. The zero-order chi connectivity index (χ0) is 24.4. The van der Waals surface area contributed by atoms with Crippen LogP contribution in [0.4, 0.5) is 5.69 Å². The Bertz CT molecular complexity index is 1180. The van der Waals surface area contributed by atoms with E-state index < -0.39 is 0 Å². The highest BCUT2D eigenvalue weighted by molar-refractivity contribution is 8.00. The van der Waals surface area contributed by atoms with E-state index in [9.17, 15) is 4.79 Å². The van der Waals surface area contributed by atoms with Gasteiger partial charge >= 0.3 is 0 Å². The van der Waals surface area contributed by atoms with Crippen LogP contribution in [0.3, 0.4) is 0 Å². The summed E-state index contributed by atoms with van der Waals surface area (Å²) in [6, 6.07) is 19.4. The second-order valence-corrected chi connectivity index (χ2v) is 12.2. The Morgan fingerprint density at radius 2 is 1.56 bits per heavy atom. The fourth-order valence-corrected chi connectivity index (χ4v) is 7.83. The molecule has 0 bridgehead atoms. The molecule has 1 amide bonds. The number of unbranched alkanes of at least 4 members (excludes halogenated alkanes) is 1. The van der Waals surface area contributed by atoms with Gasteiger partial charge in [-0.05, 0) is 50.4 Å². The van der Waals surface area contributed by atoms with E-state index in [4.69, 9.17) is 0 Å². The number of thioether (sulfide) groups is 1. The van der Waals surface area contributed by atoms with Gasteiger partial charge in [-0.1, -0.05) is 49.2 Å². The molecule has 2 aromatic carbocycles. The molecule has 3 heterocycles. The van der Waals surface area contributed by atoms with E-state index in [2.05, 4.69) is 91.8 Å². The molecular weight excluding hydrogens is 464 g/mol. The molecule has 0 atom stereocenters. The van der Waals surface area contributed by atoms with E-state index in [-0.39, 0.29) is 0 Å². The fourth-order valence-electron chi connectivity index (χ4n) is 6.32. The molecule has 0 unspecified atom stereocenters. The van der Waals surface area contributed by atoms with Gasteiger partial charge in [0.2, 0.25) is 5.91 Å². The van der Waals surface area contributed by atoms with Gasteiger partial charge in [-0.25, -0.2) is 0 Å². The Kier molecular flexibility index (Phi) is 6.98. The number of carbonyl (C=O) groups is 1. The summed E-state index contributed by atoms with van der Waals surface area (Å²) in [6.07, 6.45) is 10.5. The minimum atomic E-state index is 0.292. The number of nitrogens with zero attached hydrogens (tertiary/aromatic N) is 4. The van der Waals surface area contributed by atoms with Crippen molar-refractivity contribution in [3.05, 3.63) is 60.8 Å². The summed E-state index contributed by atoms with van der Waals surface area (Å²) < 4.78 is 2.62. The first-order chi connectivity index (χ1) is 17.7. The minimum Gasteiger partial charge on any atom is -0.367 e. The summed E-state index contributed by atoms with van der Waals surface area (Å²) >= 11 is 2.06. The second-order valence-electron chi connectivity index (χ2n) is 10.8. The third-order valence-corrected chi connectivity index (χ3v) is 10.1. The van der Waals surface area contributed by atoms with Crippen LogP contribution < -0.4 is 4.90 Å². The predicted octanol–water partition coefficient (Wildman–Crippen LogP) is 5.77. The Labute approximate surface area is 219 Å². The summed E-state index contributed by atoms with van der Waals surface area (Å²) in [6.45, 7) is 6.40. The van der Waals surface area contributed by atoms with Crippen LogP contribution in [-0.2, 0) is 4.79 Å². The molecule has 0 radical (unpaired) electrons. The highest BCUT2D eigenvalue weighted by atomic mass is 32.2. The number of rotatable bonds is 7. The first-order valence-electron chi connectivity index (χ1n) is 13.8. The molecule has 6 rings (SSSR count). The maximum atomic E-state index is 12.7. The summed E-state index contributed by atoms with van der Waals surface area (Å²) in [5.41, 5.74) is 3.82. The average Bonchev–Trinajstić information content (AvgIpc) is 3.54. The molecule has 5 nitrogen and oxygen atoms in total. The van der Waals surface area contributed by atoms with Crippen LogP contribution in [-0.4, -0.2) is 70.2 Å². The fraction of sp³-hybridized carbons (Fsp3) is 0.500. The van der Waals surface area contributed by atoms with Crippen molar-refractivity contribution in [3.8, 4) is 5.69 Å². The third-order valence-electron chi connectivity index (χ3n) is 8.46. The van der Waals surface area contributed by atoms with Gasteiger partial charge in [-0.2, -0.15) is 0 Å². The maximum Gasteiger partial charge on any atom is 0.224 e. The smallest absolute Gasteiger partial charge is 0.224 e. The highest BCUT2D eigenvalue weighted by Gasteiger charge is 2.41. The number of piperazine rings is 1. The molecule has 36 heavy (non-hydrogen) atoms. The molecule has 1 spiro atoms.